The van der Waals surface area contributed by atoms with Gasteiger partial charge in [-0.25, -0.2) is 0 Å². The molecule has 0 aliphatic carbocycles. The number of carbonyl (C=O) groups is 1. The molecule has 0 saturated carbocycles. The maximum absolute atomic E-state index is 12.3. The van der Waals surface area contributed by atoms with Crippen LogP contribution in [0.4, 0.5) is 0 Å². The molecule has 1 heterocycles. The van der Waals surface area contributed by atoms with Crippen LogP contribution in [0.2, 0.25) is 0 Å². The number of nitrogens with zero attached hydrogens (tertiary/aromatic N) is 3. The zero-order chi connectivity index (χ0) is 14.3. The summed E-state index contributed by atoms with van der Waals surface area (Å²) in [5.41, 5.74) is 8.54. The van der Waals surface area contributed by atoms with Gasteiger partial charge in [0.2, 0.25) is 0 Å². The van der Waals surface area contributed by atoms with Crippen LogP contribution in [0.5, 0.6) is 0 Å². The number of hydrogen-bond donors (Lipinski definition) is 0. The van der Waals surface area contributed by atoms with Gasteiger partial charge in [0.15, 0.2) is 5.76 Å². The summed E-state index contributed by atoms with van der Waals surface area (Å²) in [6.07, 6.45) is 1.13. The molecule has 0 aliphatic heterocycles. The molecule has 19 heavy (non-hydrogen) atoms. The van der Waals surface area contributed by atoms with Gasteiger partial charge in [0.1, 0.15) is 0 Å². The molecule has 104 valence electrons. The van der Waals surface area contributed by atoms with Gasteiger partial charge in [-0.15, -0.1) is 0 Å². The van der Waals surface area contributed by atoms with Crippen LogP contribution in [0, 0.1) is 0 Å². The fourth-order valence-corrected chi connectivity index (χ4v) is 3.17. The second-order valence-electron chi connectivity index (χ2n) is 3.37. The fourth-order valence-electron chi connectivity index (χ4n) is 1.46. The molecule has 9 heteroatoms. The highest BCUT2D eigenvalue weighted by Crippen LogP contribution is 2.51. The number of carbonyl (C=O) groups excluding carboxylic acids is 1. The zero-order valence-corrected chi connectivity index (χ0v) is 11.5. The van der Waals surface area contributed by atoms with E-state index in [-0.39, 0.29) is 25.1 Å². The van der Waals surface area contributed by atoms with E-state index in [0.29, 0.717) is 5.56 Å². The van der Waals surface area contributed by atoms with E-state index >= 15 is 0 Å². The molecule has 0 fully saturated rings. The maximum Gasteiger partial charge on any atom is 0.335 e. The quantitative estimate of drug-likeness (QED) is 0.329. The normalized spacial score (nSPS) is 11.1. The Hall–Kier alpha value is -1.59. The molecule has 0 N–H and O–H groups in total. The molecule has 0 aliphatic rings. The van der Waals surface area contributed by atoms with Gasteiger partial charge >= 0.3 is 7.60 Å². The maximum atomic E-state index is 12.3. The zero-order valence-electron chi connectivity index (χ0n) is 10.6. The van der Waals surface area contributed by atoms with E-state index in [2.05, 4.69) is 10.0 Å². The number of azide groups is 1. The van der Waals surface area contributed by atoms with E-state index in [1.54, 1.807) is 13.8 Å². The molecular weight excluding hydrogens is 273 g/mol. The highest BCUT2D eigenvalue weighted by atomic mass is 31.2. The topological polar surface area (TPSA) is 114 Å². The van der Waals surface area contributed by atoms with Crippen molar-refractivity contribution in [1.29, 1.82) is 0 Å². The first-order chi connectivity index (χ1) is 9.06. The fraction of sp³-hybridized carbons (Fsp3) is 0.500. The molecule has 0 aromatic carbocycles. The molecule has 1 aromatic heterocycles. The summed E-state index contributed by atoms with van der Waals surface area (Å²) in [6.45, 7) is 3.81. The summed E-state index contributed by atoms with van der Waals surface area (Å²) in [7, 11) is -3.34. The minimum atomic E-state index is -3.34. The van der Waals surface area contributed by atoms with E-state index in [0.717, 1.165) is 0 Å². The Balaban J connectivity index is 2.98. The third kappa shape index (κ3) is 4.22. The second kappa shape index (κ2) is 7.11. The standard InChI is InChI=1S/C10H14N3O5P/c1-3-17-19(15,18-4-2)7-8-5-6-16-9(8)10(14)12-13-11/h5-6H,3-4,7H2,1-2H3. The Kier molecular flexibility index (Phi) is 5.79. The predicted octanol–water partition coefficient (Wildman–Crippen LogP) is 3.50. The van der Waals surface area contributed by atoms with Crippen molar-refractivity contribution in [1.82, 2.24) is 0 Å². The number of hydrogen-bond acceptors (Lipinski definition) is 5. The van der Waals surface area contributed by atoms with Crippen molar-refractivity contribution in [3.8, 4) is 0 Å². The van der Waals surface area contributed by atoms with Gasteiger partial charge in [-0.2, -0.15) is 0 Å². The third-order valence-corrected chi connectivity index (χ3v) is 4.12. The van der Waals surface area contributed by atoms with Crippen LogP contribution < -0.4 is 0 Å². The van der Waals surface area contributed by atoms with Crippen molar-refractivity contribution < 1.29 is 22.8 Å². The molecule has 0 spiro atoms. The Morgan fingerprint density at radius 2 is 2.11 bits per heavy atom. The van der Waals surface area contributed by atoms with Crippen molar-refractivity contribution in [2.75, 3.05) is 13.2 Å². The van der Waals surface area contributed by atoms with Crippen LogP contribution in [0.25, 0.3) is 10.4 Å². The van der Waals surface area contributed by atoms with Gasteiger partial charge in [0, 0.05) is 10.5 Å². The molecule has 8 nitrogen and oxygen atoms in total. The van der Waals surface area contributed by atoms with Crippen molar-refractivity contribution in [3.05, 3.63) is 34.1 Å². The van der Waals surface area contributed by atoms with Crippen LogP contribution in [-0.4, -0.2) is 19.1 Å². The van der Waals surface area contributed by atoms with Crippen molar-refractivity contribution in [3.63, 3.8) is 0 Å². The lowest BCUT2D eigenvalue weighted by Crippen LogP contribution is -2.02. The molecule has 0 unspecified atom stereocenters. The van der Waals surface area contributed by atoms with Gasteiger partial charge < -0.3 is 13.5 Å². The average molecular weight is 287 g/mol. The number of furan rings is 1. The molecule has 0 atom stereocenters. The SMILES string of the molecule is CCOP(=O)(Cc1ccoc1C(=O)N=[N+]=[N-])OCC. The van der Waals surface area contributed by atoms with Crippen molar-refractivity contribution >= 4 is 13.5 Å². The number of rotatable bonds is 7. The molecular formula is C10H14N3O5P. The smallest absolute Gasteiger partial charge is 0.335 e. The van der Waals surface area contributed by atoms with Crippen LogP contribution in [0.1, 0.15) is 30.0 Å². The Labute approximate surface area is 109 Å². The molecule has 0 saturated heterocycles. The summed E-state index contributed by atoms with van der Waals surface area (Å²) in [5, 5.41) is 2.93. The van der Waals surface area contributed by atoms with Gasteiger partial charge in [-0.3, -0.25) is 9.36 Å². The predicted molar refractivity (Wildman–Crippen MR) is 66.7 cm³/mol. The molecule has 1 rings (SSSR count). The molecule has 1 aromatic rings. The Morgan fingerprint density at radius 3 is 2.63 bits per heavy atom. The molecule has 0 radical (unpaired) electrons. The number of amides is 1. The van der Waals surface area contributed by atoms with Gasteiger partial charge in [-0.1, -0.05) is 0 Å². The first kappa shape index (κ1) is 15.5. The lowest BCUT2D eigenvalue weighted by Gasteiger charge is -2.16. The van der Waals surface area contributed by atoms with E-state index < -0.39 is 13.5 Å². The van der Waals surface area contributed by atoms with Gasteiger partial charge in [0.05, 0.1) is 25.6 Å². The lowest BCUT2D eigenvalue weighted by molar-refractivity contribution is 0.0973. The largest absolute Gasteiger partial charge is 0.461 e. The van der Waals surface area contributed by atoms with Crippen molar-refractivity contribution in [2.24, 2.45) is 5.11 Å². The highest BCUT2D eigenvalue weighted by Gasteiger charge is 2.28. The van der Waals surface area contributed by atoms with Crippen LogP contribution in [-0.2, 0) is 19.8 Å². The monoisotopic (exact) mass is 287 g/mol. The van der Waals surface area contributed by atoms with Gasteiger partial charge in [0.25, 0.3) is 5.91 Å². The highest BCUT2D eigenvalue weighted by molar-refractivity contribution is 7.53. The Bertz CT molecular complexity index is 525. The lowest BCUT2D eigenvalue weighted by atomic mass is 10.3. The van der Waals surface area contributed by atoms with Crippen LogP contribution in [0.3, 0.4) is 0 Å². The average Bonchev–Trinajstić information content (AvgIpc) is 2.77. The Morgan fingerprint density at radius 1 is 1.47 bits per heavy atom. The second-order valence-corrected chi connectivity index (χ2v) is 5.43. The summed E-state index contributed by atoms with van der Waals surface area (Å²) in [6, 6.07) is 1.46. The molecule has 1 amide bonds. The van der Waals surface area contributed by atoms with Crippen LogP contribution in [0.15, 0.2) is 21.9 Å². The van der Waals surface area contributed by atoms with E-state index in [4.69, 9.17) is 19.0 Å². The van der Waals surface area contributed by atoms with Crippen molar-refractivity contribution in [2.45, 2.75) is 20.0 Å². The van der Waals surface area contributed by atoms with Gasteiger partial charge in [-0.05, 0) is 30.6 Å². The summed E-state index contributed by atoms with van der Waals surface area (Å²) in [4.78, 5) is 13.8. The van der Waals surface area contributed by atoms with E-state index in [1.807, 2.05) is 0 Å². The summed E-state index contributed by atoms with van der Waals surface area (Å²) < 4.78 is 27.5. The first-order valence-corrected chi connectivity index (χ1v) is 7.33. The van der Waals surface area contributed by atoms with E-state index in [9.17, 15) is 9.36 Å². The first-order valence-electron chi connectivity index (χ1n) is 5.60. The minimum Gasteiger partial charge on any atom is -0.461 e. The molecule has 0 bridgehead atoms. The van der Waals surface area contributed by atoms with E-state index in [1.165, 1.54) is 12.3 Å². The van der Waals surface area contributed by atoms with Crippen LogP contribution >= 0.6 is 7.60 Å². The summed E-state index contributed by atoms with van der Waals surface area (Å²) >= 11 is 0. The third-order valence-electron chi connectivity index (χ3n) is 2.09. The summed E-state index contributed by atoms with van der Waals surface area (Å²) in [5.74, 6) is -1.03. The minimum absolute atomic E-state index is 0.118.